The Morgan fingerprint density at radius 1 is 1.30 bits per heavy atom. The number of rotatable bonds is 4. The minimum Gasteiger partial charge on any atom is -0.446 e. The van der Waals surface area contributed by atoms with Crippen LogP contribution in [0.15, 0.2) is 18.3 Å². The zero-order valence-corrected chi connectivity index (χ0v) is 16.9. The Hall–Kier alpha value is -2.82. The SMILES string of the molecule is N#Cc1cccnc1N[C@H]1CCN(C(=O)O[C@H]2C3CC4CC2C[C@](C(N)=O)(C4)C3)C1. The van der Waals surface area contributed by atoms with Crippen molar-refractivity contribution in [2.24, 2.45) is 28.9 Å². The van der Waals surface area contributed by atoms with E-state index >= 15 is 0 Å². The number of aromatic nitrogens is 1. The fourth-order valence-electron chi connectivity index (χ4n) is 6.51. The number of anilines is 1. The predicted molar refractivity (Wildman–Crippen MR) is 108 cm³/mol. The van der Waals surface area contributed by atoms with Gasteiger partial charge >= 0.3 is 6.09 Å². The highest BCUT2D eigenvalue weighted by atomic mass is 16.6. The molecule has 3 N–H and O–H groups in total. The van der Waals surface area contributed by atoms with Crippen molar-refractivity contribution in [3.63, 3.8) is 0 Å². The van der Waals surface area contributed by atoms with Crippen molar-refractivity contribution in [2.75, 3.05) is 18.4 Å². The minimum absolute atomic E-state index is 0.0381. The van der Waals surface area contributed by atoms with Crippen molar-refractivity contribution in [2.45, 2.75) is 50.7 Å². The number of nitrogens with zero attached hydrogens (tertiary/aromatic N) is 3. The first-order valence-electron chi connectivity index (χ1n) is 10.8. The lowest BCUT2D eigenvalue weighted by Crippen LogP contribution is -2.59. The van der Waals surface area contributed by atoms with Crippen LogP contribution in [0.3, 0.4) is 0 Å². The first kappa shape index (κ1) is 19.2. The normalized spacial score (nSPS) is 36.4. The molecule has 0 radical (unpaired) electrons. The van der Waals surface area contributed by atoms with E-state index in [1.165, 1.54) is 0 Å². The van der Waals surface area contributed by atoms with Gasteiger partial charge in [0.05, 0.1) is 11.0 Å². The number of nitrogens with one attached hydrogen (secondary N) is 1. The van der Waals surface area contributed by atoms with Crippen LogP contribution in [0.2, 0.25) is 0 Å². The molecule has 4 saturated carbocycles. The Kier molecular flexibility index (Phi) is 4.57. The molecule has 4 aliphatic carbocycles. The molecule has 3 atom stereocenters. The van der Waals surface area contributed by atoms with E-state index in [1.807, 2.05) is 0 Å². The van der Waals surface area contributed by atoms with Gasteiger partial charge in [-0.3, -0.25) is 4.79 Å². The number of carbonyl (C=O) groups excluding carboxylic acids is 2. The van der Waals surface area contributed by atoms with E-state index in [1.54, 1.807) is 23.2 Å². The Bertz CT molecular complexity index is 896. The van der Waals surface area contributed by atoms with E-state index in [-0.39, 0.29) is 41.4 Å². The maximum Gasteiger partial charge on any atom is 0.410 e. The number of carbonyl (C=O) groups is 2. The van der Waals surface area contributed by atoms with Gasteiger partial charge in [-0.1, -0.05) is 0 Å². The summed E-state index contributed by atoms with van der Waals surface area (Å²) >= 11 is 0. The number of hydrogen-bond donors (Lipinski definition) is 2. The van der Waals surface area contributed by atoms with Crippen LogP contribution in [0.5, 0.6) is 0 Å². The summed E-state index contributed by atoms with van der Waals surface area (Å²) in [6.45, 7) is 1.14. The van der Waals surface area contributed by atoms with Gasteiger partial charge < -0.3 is 20.7 Å². The van der Waals surface area contributed by atoms with Crippen molar-refractivity contribution in [1.82, 2.24) is 9.88 Å². The van der Waals surface area contributed by atoms with E-state index in [0.717, 1.165) is 38.5 Å². The Morgan fingerprint density at radius 3 is 2.77 bits per heavy atom. The smallest absolute Gasteiger partial charge is 0.410 e. The van der Waals surface area contributed by atoms with Crippen LogP contribution in [0.25, 0.3) is 0 Å². The van der Waals surface area contributed by atoms with Crippen LogP contribution in [0.1, 0.15) is 44.1 Å². The zero-order valence-electron chi connectivity index (χ0n) is 16.9. The average Bonchev–Trinajstić information content (AvgIpc) is 3.19. The van der Waals surface area contributed by atoms with Crippen LogP contribution in [0, 0.1) is 34.5 Å². The number of amides is 2. The molecule has 6 rings (SSSR count). The lowest BCUT2D eigenvalue weighted by atomic mass is 9.48. The lowest BCUT2D eigenvalue weighted by Gasteiger charge is -2.58. The number of nitriles is 1. The molecule has 2 heterocycles. The van der Waals surface area contributed by atoms with E-state index in [0.29, 0.717) is 30.4 Å². The summed E-state index contributed by atoms with van der Waals surface area (Å²) in [6, 6.07) is 5.63. The molecule has 1 saturated heterocycles. The van der Waals surface area contributed by atoms with Gasteiger partial charge in [0, 0.05) is 25.3 Å². The molecule has 30 heavy (non-hydrogen) atoms. The number of pyridine rings is 1. The van der Waals surface area contributed by atoms with Gasteiger partial charge in [-0.2, -0.15) is 5.26 Å². The van der Waals surface area contributed by atoms with Gasteiger partial charge in [0.15, 0.2) is 0 Å². The first-order valence-corrected chi connectivity index (χ1v) is 10.8. The summed E-state index contributed by atoms with van der Waals surface area (Å²) < 4.78 is 6.02. The van der Waals surface area contributed by atoms with Gasteiger partial charge in [0.1, 0.15) is 18.0 Å². The highest BCUT2D eigenvalue weighted by molar-refractivity contribution is 5.81. The van der Waals surface area contributed by atoms with Crippen molar-refractivity contribution in [1.29, 1.82) is 5.26 Å². The van der Waals surface area contributed by atoms with Crippen LogP contribution >= 0.6 is 0 Å². The molecular formula is C22H27N5O3. The van der Waals surface area contributed by atoms with Crippen molar-refractivity contribution >= 4 is 17.8 Å². The molecule has 8 heteroatoms. The molecule has 0 aromatic carbocycles. The number of primary amides is 1. The third-order valence-corrected chi connectivity index (χ3v) is 7.66. The highest BCUT2D eigenvalue weighted by Gasteiger charge is 2.59. The Balaban J connectivity index is 1.20. The maximum absolute atomic E-state index is 12.9. The van der Waals surface area contributed by atoms with E-state index in [4.69, 9.17) is 10.5 Å². The molecule has 1 aromatic rings. The zero-order chi connectivity index (χ0) is 20.9. The van der Waals surface area contributed by atoms with E-state index in [2.05, 4.69) is 16.4 Å². The van der Waals surface area contributed by atoms with Gasteiger partial charge in [-0.15, -0.1) is 0 Å². The monoisotopic (exact) mass is 409 g/mol. The summed E-state index contributed by atoms with van der Waals surface area (Å²) in [7, 11) is 0. The molecular weight excluding hydrogens is 382 g/mol. The van der Waals surface area contributed by atoms with Gasteiger partial charge in [-0.25, -0.2) is 9.78 Å². The fraction of sp³-hybridized carbons (Fsp3) is 0.636. The second-order valence-corrected chi connectivity index (χ2v) is 9.55. The van der Waals surface area contributed by atoms with Crippen LogP contribution in [-0.2, 0) is 9.53 Å². The molecule has 0 spiro atoms. The van der Waals surface area contributed by atoms with Crippen molar-refractivity contribution < 1.29 is 14.3 Å². The highest BCUT2D eigenvalue weighted by Crippen LogP contribution is 2.60. The summed E-state index contributed by atoms with van der Waals surface area (Å²) in [6.07, 6.45) is 6.54. The van der Waals surface area contributed by atoms with E-state index in [9.17, 15) is 14.9 Å². The van der Waals surface area contributed by atoms with Crippen LogP contribution in [0.4, 0.5) is 10.6 Å². The fourth-order valence-corrected chi connectivity index (χ4v) is 6.51. The maximum atomic E-state index is 12.9. The summed E-state index contributed by atoms with van der Waals surface area (Å²) in [5.41, 5.74) is 5.87. The second kappa shape index (κ2) is 7.15. The molecule has 8 nitrogen and oxygen atoms in total. The number of ether oxygens (including phenoxy) is 1. The second-order valence-electron chi connectivity index (χ2n) is 9.55. The number of nitrogens with two attached hydrogens (primary N) is 1. The Labute approximate surface area is 175 Å². The molecule has 2 unspecified atom stereocenters. The van der Waals surface area contributed by atoms with E-state index < -0.39 is 0 Å². The summed E-state index contributed by atoms with van der Waals surface area (Å²) in [5, 5.41) is 12.5. The summed E-state index contributed by atoms with van der Waals surface area (Å²) in [5.74, 6) is 1.41. The number of hydrogen-bond acceptors (Lipinski definition) is 6. The summed E-state index contributed by atoms with van der Waals surface area (Å²) in [4.78, 5) is 31.0. The largest absolute Gasteiger partial charge is 0.446 e. The molecule has 158 valence electrons. The van der Waals surface area contributed by atoms with Crippen molar-refractivity contribution in [3.8, 4) is 6.07 Å². The topological polar surface area (TPSA) is 121 Å². The van der Waals surface area contributed by atoms with Gasteiger partial charge in [-0.05, 0) is 68.4 Å². The minimum atomic E-state index is -0.372. The molecule has 2 amide bonds. The van der Waals surface area contributed by atoms with Gasteiger partial charge in [0.2, 0.25) is 5.91 Å². The first-order chi connectivity index (χ1) is 14.5. The molecule has 1 aromatic heterocycles. The average molecular weight is 409 g/mol. The predicted octanol–water partition coefficient (Wildman–Crippen LogP) is 2.26. The third-order valence-electron chi connectivity index (χ3n) is 7.66. The third kappa shape index (κ3) is 3.17. The lowest BCUT2D eigenvalue weighted by molar-refractivity contribution is -0.161. The van der Waals surface area contributed by atoms with Crippen LogP contribution < -0.4 is 11.1 Å². The number of likely N-dealkylation sites (tertiary alicyclic amines) is 1. The standard InChI is InChI=1S/C22H27N5O3/c23-11-14-2-1-4-25-19(14)26-17-3-5-27(12-17)21(29)30-18-15-6-13-7-16(18)10-22(8-13,9-15)20(24)28/h1-2,4,13,15-18H,3,5-10,12H2,(H2,24,28)(H,25,26)/t13?,15?,16?,17-,18-,22-/m0/s1. The van der Waals surface area contributed by atoms with Gasteiger partial charge in [0.25, 0.3) is 0 Å². The molecule has 5 fully saturated rings. The Morgan fingerprint density at radius 2 is 2.07 bits per heavy atom. The molecule has 5 aliphatic rings. The molecule has 4 bridgehead atoms. The molecule has 1 aliphatic heterocycles. The van der Waals surface area contributed by atoms with Crippen LogP contribution in [-0.4, -0.2) is 47.1 Å². The van der Waals surface area contributed by atoms with Crippen molar-refractivity contribution in [3.05, 3.63) is 23.9 Å². The quantitative estimate of drug-likeness (QED) is 0.787.